The van der Waals surface area contributed by atoms with Crippen LogP contribution in [-0.2, 0) is 0 Å². The zero-order valence-electron chi connectivity index (χ0n) is 5.02. The fourth-order valence-electron chi connectivity index (χ4n) is 0.619. The zero-order valence-corrected chi connectivity index (χ0v) is 5.02. The van der Waals surface area contributed by atoms with Gasteiger partial charge in [-0.3, -0.25) is 0 Å². The van der Waals surface area contributed by atoms with Gasteiger partial charge in [-0.15, -0.1) is 9.81 Å². The Morgan fingerprint density at radius 1 is 0.900 bits per heavy atom. The minimum Gasteiger partial charge on any atom is -0.145 e. The van der Waals surface area contributed by atoms with E-state index in [-0.39, 0.29) is 11.4 Å². The van der Waals surface area contributed by atoms with Crippen LogP contribution in [0.15, 0.2) is 34.6 Å². The van der Waals surface area contributed by atoms with Gasteiger partial charge in [0.15, 0.2) is 0 Å². The molecule has 1 aromatic carbocycles. The van der Waals surface area contributed by atoms with E-state index in [2.05, 4.69) is 10.4 Å². The average Bonchev–Trinajstić information content (AvgIpc) is 2.04. The number of nitrogens with zero attached hydrogens (tertiary/aromatic N) is 2. The first kappa shape index (κ1) is 6.54. The largest absolute Gasteiger partial charge is 0.145 e. The highest BCUT2D eigenvalue weighted by molar-refractivity contribution is 5.60. The maximum atomic E-state index is 9.94. The lowest BCUT2D eigenvalue weighted by atomic mass is 10.3. The van der Waals surface area contributed by atoms with Crippen LogP contribution in [-0.4, -0.2) is 0 Å². The Balaban J connectivity index is 3.20. The first-order chi connectivity index (χ1) is 4.88. The predicted molar refractivity (Wildman–Crippen MR) is 37.4 cm³/mol. The number of hydrogen-bond acceptors (Lipinski definition) is 4. The van der Waals surface area contributed by atoms with Crippen molar-refractivity contribution >= 4 is 11.4 Å². The topological polar surface area (TPSA) is 58.9 Å². The van der Waals surface area contributed by atoms with Crippen LogP contribution in [0.2, 0.25) is 0 Å². The van der Waals surface area contributed by atoms with Crippen molar-refractivity contribution in [2.24, 2.45) is 10.4 Å². The van der Waals surface area contributed by atoms with Gasteiger partial charge in [0.25, 0.3) is 0 Å². The summed E-state index contributed by atoms with van der Waals surface area (Å²) in [6, 6.07) is 6.10. The third kappa shape index (κ3) is 1.05. The molecule has 0 spiro atoms. The molecule has 0 unspecified atom stereocenters. The minimum atomic E-state index is 0.0810. The highest BCUT2D eigenvalue weighted by Crippen LogP contribution is 2.25. The van der Waals surface area contributed by atoms with Gasteiger partial charge < -0.3 is 0 Å². The highest BCUT2D eigenvalue weighted by Gasteiger charge is 1.98. The quantitative estimate of drug-likeness (QED) is 0.586. The van der Waals surface area contributed by atoms with E-state index in [4.69, 9.17) is 0 Å². The third-order valence-electron chi connectivity index (χ3n) is 1.08. The lowest BCUT2D eigenvalue weighted by molar-refractivity contribution is 1.42. The molecule has 10 heavy (non-hydrogen) atoms. The Labute approximate surface area is 56.8 Å². The van der Waals surface area contributed by atoms with E-state index in [1.54, 1.807) is 12.1 Å². The maximum Gasteiger partial charge on any atom is 0.137 e. The Bertz CT molecular complexity index is 233. The van der Waals surface area contributed by atoms with Gasteiger partial charge in [-0.25, -0.2) is 0 Å². The summed E-state index contributed by atoms with van der Waals surface area (Å²) >= 11 is 0. The van der Waals surface area contributed by atoms with Crippen molar-refractivity contribution in [3.63, 3.8) is 0 Å². The van der Waals surface area contributed by atoms with E-state index in [0.717, 1.165) is 0 Å². The molecule has 0 aliphatic rings. The van der Waals surface area contributed by atoms with E-state index in [0.29, 0.717) is 0 Å². The second-order valence-electron chi connectivity index (χ2n) is 1.67. The van der Waals surface area contributed by atoms with Crippen LogP contribution < -0.4 is 0 Å². The maximum absolute atomic E-state index is 9.94. The monoisotopic (exact) mass is 136 g/mol. The molecular formula is C6H4N2O2. The molecule has 4 heteroatoms. The summed E-state index contributed by atoms with van der Waals surface area (Å²) in [7, 11) is 0. The molecule has 0 amide bonds. The van der Waals surface area contributed by atoms with Gasteiger partial charge in [0.2, 0.25) is 0 Å². The molecular weight excluding hydrogens is 132 g/mol. The molecule has 0 atom stereocenters. The Kier molecular flexibility index (Phi) is 1.84. The van der Waals surface area contributed by atoms with Gasteiger partial charge in [-0.05, 0) is 22.5 Å². The van der Waals surface area contributed by atoms with Crippen molar-refractivity contribution in [1.82, 2.24) is 0 Å². The number of hydrogen-bond donors (Lipinski definition) is 0. The average molecular weight is 136 g/mol. The van der Waals surface area contributed by atoms with Crippen LogP contribution in [0.4, 0.5) is 11.4 Å². The Morgan fingerprint density at radius 2 is 1.30 bits per heavy atom. The summed E-state index contributed by atoms with van der Waals surface area (Å²) in [6.07, 6.45) is 0. The summed E-state index contributed by atoms with van der Waals surface area (Å²) in [4.78, 5) is 19.9. The molecule has 0 heterocycles. The Morgan fingerprint density at radius 3 is 1.60 bits per heavy atom. The smallest absolute Gasteiger partial charge is 0.137 e. The van der Waals surface area contributed by atoms with E-state index in [9.17, 15) is 9.81 Å². The van der Waals surface area contributed by atoms with Crippen LogP contribution in [0.1, 0.15) is 0 Å². The second-order valence-corrected chi connectivity index (χ2v) is 1.67. The van der Waals surface area contributed by atoms with E-state index >= 15 is 0 Å². The first-order valence-corrected chi connectivity index (χ1v) is 2.64. The van der Waals surface area contributed by atoms with Gasteiger partial charge in [0.05, 0.1) is 0 Å². The minimum absolute atomic E-state index is 0.0810. The number of rotatable bonds is 2. The fourth-order valence-corrected chi connectivity index (χ4v) is 0.619. The van der Waals surface area contributed by atoms with Crippen LogP contribution in [0, 0.1) is 9.81 Å². The number of nitroso groups, excluding NO2 is 2. The third-order valence-corrected chi connectivity index (χ3v) is 1.08. The highest BCUT2D eigenvalue weighted by atomic mass is 16.3. The van der Waals surface area contributed by atoms with Gasteiger partial charge in [-0.2, -0.15) is 0 Å². The summed E-state index contributed by atoms with van der Waals surface area (Å²) in [5.74, 6) is 0. The number of benzene rings is 1. The zero-order chi connectivity index (χ0) is 7.40. The normalized spacial score (nSPS) is 8.80. The van der Waals surface area contributed by atoms with Crippen molar-refractivity contribution < 1.29 is 0 Å². The lowest BCUT2D eigenvalue weighted by Gasteiger charge is -1.88. The summed E-state index contributed by atoms with van der Waals surface area (Å²) in [5.41, 5.74) is 0.162. The molecule has 0 saturated heterocycles. The molecule has 0 aliphatic carbocycles. The Hall–Kier alpha value is -1.58. The first-order valence-electron chi connectivity index (χ1n) is 2.64. The molecule has 0 aliphatic heterocycles. The second kappa shape index (κ2) is 2.82. The molecule has 0 N–H and O–H groups in total. The molecule has 0 fully saturated rings. The molecule has 0 aromatic heterocycles. The van der Waals surface area contributed by atoms with Crippen molar-refractivity contribution in [1.29, 1.82) is 0 Å². The molecule has 0 saturated carbocycles. The van der Waals surface area contributed by atoms with Crippen LogP contribution in [0.25, 0.3) is 0 Å². The molecule has 1 aromatic rings. The van der Waals surface area contributed by atoms with Crippen molar-refractivity contribution in [3.05, 3.63) is 34.1 Å². The van der Waals surface area contributed by atoms with Crippen molar-refractivity contribution in [2.75, 3.05) is 0 Å². The van der Waals surface area contributed by atoms with E-state index in [1.807, 2.05) is 0 Å². The van der Waals surface area contributed by atoms with E-state index in [1.165, 1.54) is 12.1 Å². The van der Waals surface area contributed by atoms with Gasteiger partial charge in [0.1, 0.15) is 11.4 Å². The predicted octanol–water partition coefficient (Wildman–Crippen LogP) is 2.48. The molecule has 4 nitrogen and oxygen atoms in total. The van der Waals surface area contributed by atoms with E-state index < -0.39 is 0 Å². The molecule has 1 rings (SSSR count). The van der Waals surface area contributed by atoms with Gasteiger partial charge in [0, 0.05) is 0 Å². The van der Waals surface area contributed by atoms with Crippen molar-refractivity contribution in [3.8, 4) is 0 Å². The molecule has 0 bridgehead atoms. The van der Waals surface area contributed by atoms with Crippen LogP contribution in [0.3, 0.4) is 0 Å². The van der Waals surface area contributed by atoms with Crippen LogP contribution >= 0.6 is 0 Å². The summed E-state index contributed by atoms with van der Waals surface area (Å²) < 4.78 is 0. The molecule has 0 radical (unpaired) electrons. The van der Waals surface area contributed by atoms with Crippen LogP contribution in [0.5, 0.6) is 0 Å². The summed E-state index contributed by atoms with van der Waals surface area (Å²) in [5, 5.41) is 5.20. The molecule has 50 valence electrons. The fraction of sp³-hybridized carbons (Fsp3) is 0. The van der Waals surface area contributed by atoms with Gasteiger partial charge >= 0.3 is 0 Å². The standard InChI is InChI=1S/C6H4N2O2/c9-7-5-3-1-2-4-6(5)8-10/h1-4H. The van der Waals surface area contributed by atoms with Gasteiger partial charge in [-0.1, -0.05) is 12.1 Å². The lowest BCUT2D eigenvalue weighted by Crippen LogP contribution is -1.62. The summed E-state index contributed by atoms with van der Waals surface area (Å²) in [6.45, 7) is 0. The SMILES string of the molecule is O=Nc1ccccc1N=O. The van der Waals surface area contributed by atoms with Crippen molar-refractivity contribution in [2.45, 2.75) is 0 Å².